The van der Waals surface area contributed by atoms with Crippen LogP contribution in [0.1, 0.15) is 0 Å². The highest BCUT2D eigenvalue weighted by Crippen LogP contribution is 2.32. The molecule has 0 spiro atoms. The molecule has 2 rings (SSSR count). The van der Waals surface area contributed by atoms with E-state index in [0.29, 0.717) is 5.56 Å². The fourth-order valence-electron chi connectivity index (χ4n) is 1.44. The first-order valence-corrected chi connectivity index (χ1v) is 5.44. The predicted octanol–water partition coefficient (Wildman–Crippen LogP) is 3.64. The fraction of sp³-hybridized carbons (Fsp3) is 0. The number of benzene rings is 1. The molecule has 2 N–H and O–H groups in total. The molecule has 0 fully saturated rings. The van der Waals surface area contributed by atoms with Gasteiger partial charge >= 0.3 is 6.09 Å². The quantitative estimate of drug-likeness (QED) is 0.837. The first-order valence-electron chi connectivity index (χ1n) is 4.49. The van der Waals surface area contributed by atoms with Crippen molar-refractivity contribution in [2.75, 3.05) is 5.32 Å². The molecule has 16 heavy (non-hydrogen) atoms. The molecule has 0 bridgehead atoms. The van der Waals surface area contributed by atoms with Crippen LogP contribution in [-0.2, 0) is 0 Å². The lowest BCUT2D eigenvalue weighted by Crippen LogP contribution is -2.08. The molecular formula is C11H8FNO2S. The van der Waals surface area contributed by atoms with Gasteiger partial charge in [0.05, 0.1) is 5.69 Å². The summed E-state index contributed by atoms with van der Waals surface area (Å²) in [5, 5.41) is 14.4. The average Bonchev–Trinajstić information content (AvgIpc) is 2.69. The highest BCUT2D eigenvalue weighted by molar-refractivity contribution is 7.08. The van der Waals surface area contributed by atoms with Crippen molar-refractivity contribution < 1.29 is 14.3 Å². The molecule has 1 aromatic heterocycles. The first kappa shape index (κ1) is 10.6. The minimum atomic E-state index is -1.21. The molecule has 0 unspecified atom stereocenters. The molecule has 3 nitrogen and oxygen atoms in total. The lowest BCUT2D eigenvalue weighted by atomic mass is 10.1. The predicted molar refractivity (Wildman–Crippen MR) is 61.4 cm³/mol. The van der Waals surface area contributed by atoms with Gasteiger partial charge in [0.1, 0.15) is 5.82 Å². The van der Waals surface area contributed by atoms with Gasteiger partial charge in [-0.15, -0.1) is 0 Å². The number of hydrogen-bond donors (Lipinski definition) is 2. The Bertz CT molecular complexity index is 511. The normalized spacial score (nSPS) is 10.1. The monoisotopic (exact) mass is 237 g/mol. The number of carboxylic acid groups (broad SMARTS) is 1. The largest absolute Gasteiger partial charge is 0.465 e. The van der Waals surface area contributed by atoms with Gasteiger partial charge in [-0.1, -0.05) is 6.07 Å². The van der Waals surface area contributed by atoms with Crippen molar-refractivity contribution in [3.05, 3.63) is 40.8 Å². The van der Waals surface area contributed by atoms with E-state index in [1.165, 1.54) is 29.5 Å². The number of nitrogens with one attached hydrogen (secondary N) is 1. The van der Waals surface area contributed by atoms with Crippen LogP contribution in [0.4, 0.5) is 14.9 Å². The molecule has 82 valence electrons. The van der Waals surface area contributed by atoms with Crippen LogP contribution in [0.25, 0.3) is 11.1 Å². The Hall–Kier alpha value is -1.88. The number of carbonyl (C=O) groups is 1. The maximum Gasteiger partial charge on any atom is 0.409 e. The van der Waals surface area contributed by atoms with Crippen molar-refractivity contribution in [1.29, 1.82) is 0 Å². The van der Waals surface area contributed by atoms with Gasteiger partial charge in [0.15, 0.2) is 0 Å². The third kappa shape index (κ3) is 2.04. The van der Waals surface area contributed by atoms with Crippen molar-refractivity contribution in [2.24, 2.45) is 0 Å². The van der Waals surface area contributed by atoms with Crippen LogP contribution in [0.3, 0.4) is 0 Å². The van der Waals surface area contributed by atoms with Crippen molar-refractivity contribution in [2.45, 2.75) is 0 Å². The summed E-state index contributed by atoms with van der Waals surface area (Å²) in [7, 11) is 0. The molecule has 0 saturated heterocycles. The Labute approximate surface area is 95.2 Å². The zero-order valence-electron chi connectivity index (χ0n) is 8.11. The molecule has 0 aliphatic carbocycles. The van der Waals surface area contributed by atoms with Gasteiger partial charge in [0.2, 0.25) is 0 Å². The second kappa shape index (κ2) is 4.32. The molecule has 2 aromatic rings. The van der Waals surface area contributed by atoms with Gasteiger partial charge in [0.25, 0.3) is 0 Å². The summed E-state index contributed by atoms with van der Waals surface area (Å²) in [4.78, 5) is 10.6. The van der Waals surface area contributed by atoms with E-state index in [-0.39, 0.29) is 11.3 Å². The molecule has 5 heteroatoms. The number of thiophene rings is 1. The van der Waals surface area contributed by atoms with Crippen molar-refractivity contribution in [3.63, 3.8) is 0 Å². The van der Waals surface area contributed by atoms with Gasteiger partial charge in [0, 0.05) is 5.56 Å². The zero-order chi connectivity index (χ0) is 11.5. The van der Waals surface area contributed by atoms with E-state index in [2.05, 4.69) is 5.32 Å². The third-order valence-corrected chi connectivity index (χ3v) is 2.75. The van der Waals surface area contributed by atoms with E-state index in [4.69, 9.17) is 5.11 Å². The van der Waals surface area contributed by atoms with Crippen LogP contribution in [0.5, 0.6) is 0 Å². The van der Waals surface area contributed by atoms with E-state index in [0.717, 1.165) is 0 Å². The second-order valence-corrected chi connectivity index (χ2v) is 3.88. The van der Waals surface area contributed by atoms with Gasteiger partial charge in [-0.3, -0.25) is 5.32 Å². The summed E-state index contributed by atoms with van der Waals surface area (Å²) < 4.78 is 13.6. The summed E-state index contributed by atoms with van der Waals surface area (Å²) in [5.74, 6) is -0.440. The molecule has 0 atom stereocenters. The molecule has 0 aliphatic rings. The average molecular weight is 237 g/mol. The van der Waals surface area contributed by atoms with Crippen LogP contribution in [0.15, 0.2) is 35.0 Å². The van der Waals surface area contributed by atoms with Crippen LogP contribution >= 0.6 is 11.3 Å². The Morgan fingerprint density at radius 3 is 2.81 bits per heavy atom. The lowest BCUT2D eigenvalue weighted by Gasteiger charge is -2.08. The molecule has 1 amide bonds. The smallest absolute Gasteiger partial charge is 0.409 e. The summed E-state index contributed by atoms with van der Waals surface area (Å²) in [6, 6.07) is 6.05. The topological polar surface area (TPSA) is 49.3 Å². The van der Waals surface area contributed by atoms with E-state index < -0.39 is 11.9 Å². The van der Waals surface area contributed by atoms with E-state index in [1.54, 1.807) is 11.4 Å². The number of hydrogen-bond acceptors (Lipinski definition) is 2. The molecule has 0 aliphatic heterocycles. The SMILES string of the molecule is O=C(O)Nc1cccc(F)c1-c1ccsc1. The van der Waals surface area contributed by atoms with Crippen LogP contribution in [0, 0.1) is 5.82 Å². The Balaban J connectivity index is 2.53. The van der Waals surface area contributed by atoms with Crippen LogP contribution in [-0.4, -0.2) is 11.2 Å². The lowest BCUT2D eigenvalue weighted by molar-refractivity contribution is 0.210. The Kier molecular flexibility index (Phi) is 2.87. The summed E-state index contributed by atoms with van der Waals surface area (Å²) in [6.07, 6.45) is -1.21. The van der Waals surface area contributed by atoms with Crippen molar-refractivity contribution >= 4 is 23.1 Å². The molecule has 1 aromatic carbocycles. The third-order valence-electron chi connectivity index (χ3n) is 2.07. The maximum atomic E-state index is 13.6. The van der Waals surface area contributed by atoms with Gasteiger partial charge in [-0.25, -0.2) is 9.18 Å². The number of anilines is 1. The van der Waals surface area contributed by atoms with E-state index in [1.807, 2.05) is 5.38 Å². The number of rotatable bonds is 2. The van der Waals surface area contributed by atoms with Crippen LogP contribution in [0.2, 0.25) is 0 Å². The Morgan fingerprint density at radius 2 is 2.19 bits per heavy atom. The van der Waals surface area contributed by atoms with Crippen LogP contribution < -0.4 is 5.32 Å². The molecular weight excluding hydrogens is 229 g/mol. The minimum absolute atomic E-state index is 0.255. The number of halogens is 1. The van der Waals surface area contributed by atoms with Gasteiger partial charge in [-0.2, -0.15) is 11.3 Å². The highest BCUT2D eigenvalue weighted by atomic mass is 32.1. The van der Waals surface area contributed by atoms with E-state index >= 15 is 0 Å². The highest BCUT2D eigenvalue weighted by Gasteiger charge is 2.12. The maximum absolute atomic E-state index is 13.6. The first-order chi connectivity index (χ1) is 7.68. The summed E-state index contributed by atoms with van der Waals surface area (Å²) in [5.41, 5.74) is 1.21. The van der Waals surface area contributed by atoms with E-state index in [9.17, 15) is 9.18 Å². The fourth-order valence-corrected chi connectivity index (χ4v) is 2.09. The number of amides is 1. The Morgan fingerprint density at radius 1 is 1.38 bits per heavy atom. The van der Waals surface area contributed by atoms with Crippen molar-refractivity contribution in [1.82, 2.24) is 0 Å². The zero-order valence-corrected chi connectivity index (χ0v) is 8.92. The minimum Gasteiger partial charge on any atom is -0.465 e. The summed E-state index contributed by atoms with van der Waals surface area (Å²) >= 11 is 1.43. The van der Waals surface area contributed by atoms with Crippen molar-refractivity contribution in [3.8, 4) is 11.1 Å². The molecule has 1 heterocycles. The second-order valence-electron chi connectivity index (χ2n) is 3.10. The van der Waals surface area contributed by atoms with Gasteiger partial charge < -0.3 is 5.11 Å². The standard InChI is InChI=1S/C11H8FNO2S/c12-8-2-1-3-9(13-11(14)15)10(8)7-4-5-16-6-7/h1-6,13H,(H,14,15). The molecule has 0 radical (unpaired) electrons. The summed E-state index contributed by atoms with van der Waals surface area (Å²) in [6.45, 7) is 0. The van der Waals surface area contributed by atoms with Gasteiger partial charge in [-0.05, 0) is 34.5 Å². The molecule has 0 saturated carbocycles.